The van der Waals surface area contributed by atoms with Crippen molar-refractivity contribution in [1.82, 2.24) is 0 Å². The molecule has 1 aromatic carbocycles. The normalized spacial score (nSPS) is 22.5. The topological polar surface area (TPSA) is 52.5 Å². The molecule has 1 saturated carbocycles. The van der Waals surface area contributed by atoms with Crippen LogP contribution >= 0.6 is 0 Å². The molecule has 0 atom stereocenters. The molecule has 0 radical (unpaired) electrons. The molecule has 1 fully saturated rings. The van der Waals surface area contributed by atoms with E-state index in [1.165, 1.54) is 0 Å². The van der Waals surface area contributed by atoms with Crippen LogP contribution in [0.25, 0.3) is 5.76 Å². The number of Topliss-reactive ketones (excluding diaryl/α,β-unsaturated/α-hetero) is 1. The SMILES string of the molecule is O=C(C1=C([O-])c2cc(C(F)(F)F)cc(N=C(C(F)(F)F)C(F)(F)F)c2CC1)C1(C(F)(F)F)C(F)(F)C(F)(F)C(F)(F)C1(F)F. The van der Waals surface area contributed by atoms with Gasteiger partial charge in [-0.25, -0.2) is 4.99 Å². The fourth-order valence-electron chi connectivity index (χ4n) is 4.59. The van der Waals surface area contributed by atoms with Crippen LogP contribution in [0.1, 0.15) is 23.1 Å². The van der Waals surface area contributed by atoms with Gasteiger partial charge in [-0.3, -0.25) is 4.79 Å². The molecule has 0 amide bonds. The van der Waals surface area contributed by atoms with E-state index in [1.807, 2.05) is 4.99 Å². The molecule has 0 bridgehead atoms. The lowest BCUT2D eigenvalue weighted by atomic mass is 9.70. The van der Waals surface area contributed by atoms with E-state index in [-0.39, 0.29) is 0 Å². The van der Waals surface area contributed by atoms with E-state index in [0.29, 0.717) is 0 Å². The van der Waals surface area contributed by atoms with Crippen LogP contribution in [0.3, 0.4) is 0 Å². The molecule has 3 nitrogen and oxygen atoms in total. The first-order chi connectivity index (χ1) is 19.2. The molecule has 0 spiro atoms. The molecule has 0 aliphatic heterocycles. The van der Waals surface area contributed by atoms with Gasteiger partial charge in [0.25, 0.3) is 5.41 Å². The van der Waals surface area contributed by atoms with Gasteiger partial charge in [0.05, 0.1) is 11.3 Å². The van der Waals surface area contributed by atoms with Crippen LogP contribution in [0.4, 0.5) is 93.5 Å². The van der Waals surface area contributed by atoms with Crippen molar-refractivity contribution >= 4 is 22.9 Å². The summed E-state index contributed by atoms with van der Waals surface area (Å²) in [6.45, 7) is 0. The number of carbonyl (C=O) groups excluding carboxylic acids is 1. The van der Waals surface area contributed by atoms with Crippen molar-refractivity contribution < 1.29 is 97.7 Å². The van der Waals surface area contributed by atoms with Crippen LogP contribution in [0, 0.1) is 5.41 Å². The van der Waals surface area contributed by atoms with Gasteiger partial charge in [0.1, 0.15) is 0 Å². The number of fused-ring (bicyclic) bond motifs is 1. The molecule has 0 unspecified atom stereocenters. The third-order valence-corrected chi connectivity index (χ3v) is 6.63. The van der Waals surface area contributed by atoms with Gasteiger partial charge in [-0.15, -0.1) is 0 Å². The summed E-state index contributed by atoms with van der Waals surface area (Å²) < 4.78 is 272. The summed E-state index contributed by atoms with van der Waals surface area (Å²) in [5.41, 5.74) is -21.8. The molecule has 3 rings (SSSR count). The minimum absolute atomic E-state index is 0.548. The Morgan fingerprint density at radius 2 is 1.11 bits per heavy atom. The van der Waals surface area contributed by atoms with Gasteiger partial charge < -0.3 is 5.11 Å². The fraction of sp³-hybridized carbons (Fsp3) is 0.524. The van der Waals surface area contributed by atoms with Crippen LogP contribution in [-0.4, -0.2) is 53.7 Å². The molecule has 1 aromatic rings. The highest BCUT2D eigenvalue weighted by atomic mass is 19.4. The predicted molar refractivity (Wildman–Crippen MR) is 99.2 cm³/mol. The lowest BCUT2D eigenvalue weighted by molar-refractivity contribution is -0.342. The maximum atomic E-state index is 14.5. The Balaban J connectivity index is 2.46. The van der Waals surface area contributed by atoms with E-state index in [4.69, 9.17) is 0 Å². The van der Waals surface area contributed by atoms with E-state index in [0.717, 1.165) is 0 Å². The third kappa shape index (κ3) is 4.41. The fourth-order valence-corrected chi connectivity index (χ4v) is 4.59. The van der Waals surface area contributed by atoms with E-state index in [2.05, 4.69) is 0 Å². The van der Waals surface area contributed by atoms with E-state index in [1.54, 1.807) is 0 Å². The Morgan fingerprint density at radius 1 is 0.682 bits per heavy atom. The van der Waals surface area contributed by atoms with Gasteiger partial charge in [0, 0.05) is 0 Å². The quantitative estimate of drug-likeness (QED) is 0.244. The van der Waals surface area contributed by atoms with Crippen molar-refractivity contribution in [2.45, 2.75) is 61.2 Å². The summed E-state index contributed by atoms with van der Waals surface area (Å²) in [5.74, 6) is -37.8. The molecule has 44 heavy (non-hydrogen) atoms. The first-order valence-electron chi connectivity index (χ1n) is 10.7. The number of benzene rings is 1. The monoisotopic (exact) mass is 684 g/mol. The summed E-state index contributed by atoms with van der Waals surface area (Å²) in [6.07, 6.45) is -30.3. The van der Waals surface area contributed by atoms with Crippen molar-refractivity contribution in [3.05, 3.63) is 34.4 Å². The number of rotatable bonds is 3. The molecule has 0 saturated heterocycles. The lowest BCUT2D eigenvalue weighted by Crippen LogP contribution is -2.65. The Kier molecular flexibility index (Phi) is 7.48. The summed E-state index contributed by atoms with van der Waals surface area (Å²) in [5, 5.41) is 12.8. The number of ketones is 1. The number of halogens is 20. The maximum Gasteiger partial charge on any atom is 0.438 e. The molecular weight excluding hydrogens is 678 g/mol. The number of aliphatic imine (C=N–C) groups is 1. The second kappa shape index (κ2) is 9.36. The summed E-state index contributed by atoms with van der Waals surface area (Å²) in [4.78, 5) is 14.7. The third-order valence-electron chi connectivity index (χ3n) is 6.63. The zero-order valence-electron chi connectivity index (χ0n) is 19.9. The number of hydrogen-bond donors (Lipinski definition) is 0. The van der Waals surface area contributed by atoms with Crippen LogP contribution in [-0.2, 0) is 17.4 Å². The number of carbonyl (C=O) groups is 1. The van der Waals surface area contributed by atoms with Gasteiger partial charge in [0.2, 0.25) is 5.71 Å². The first kappa shape index (κ1) is 35.2. The Labute approximate surface area is 227 Å². The van der Waals surface area contributed by atoms with Crippen molar-refractivity contribution in [3.8, 4) is 0 Å². The minimum Gasteiger partial charge on any atom is -0.872 e. The van der Waals surface area contributed by atoms with Crippen molar-refractivity contribution in [2.75, 3.05) is 0 Å². The molecule has 23 heteroatoms. The van der Waals surface area contributed by atoms with Gasteiger partial charge in [-0.2, -0.15) is 87.8 Å². The maximum absolute atomic E-state index is 14.5. The van der Waals surface area contributed by atoms with E-state index >= 15 is 0 Å². The first-order valence-corrected chi connectivity index (χ1v) is 10.7. The minimum atomic E-state index is -7.77. The Hall–Kier alpha value is -3.30. The zero-order valence-corrected chi connectivity index (χ0v) is 19.9. The standard InChI is InChI=1S/C21H7F20NO2/c22-14(23,24)5-3-8-6(9(4-5)42-12(15(25,26)27)16(28,29)30)1-2-7(10(8)43)11(44)13(21(39,40)41)17(31,32)19(35,36)20(37,38)18(13,33)34/h3-4,43H,1-2H2/p-1. The van der Waals surface area contributed by atoms with Crippen LogP contribution in [0.15, 0.2) is 22.7 Å². The van der Waals surface area contributed by atoms with Crippen LogP contribution < -0.4 is 5.11 Å². The van der Waals surface area contributed by atoms with Gasteiger partial charge >= 0.3 is 48.4 Å². The van der Waals surface area contributed by atoms with E-state index in [9.17, 15) is 97.7 Å². The summed E-state index contributed by atoms with van der Waals surface area (Å²) >= 11 is 0. The second-order valence-corrected chi connectivity index (χ2v) is 9.16. The molecule has 2 aliphatic rings. The van der Waals surface area contributed by atoms with Crippen molar-refractivity contribution in [2.24, 2.45) is 10.4 Å². The highest BCUT2D eigenvalue weighted by Gasteiger charge is 3.06. The summed E-state index contributed by atoms with van der Waals surface area (Å²) in [6, 6.07) is -1.12. The second-order valence-electron chi connectivity index (χ2n) is 9.16. The number of hydrogen-bond acceptors (Lipinski definition) is 3. The highest BCUT2D eigenvalue weighted by Crippen LogP contribution is 2.76. The average molecular weight is 684 g/mol. The van der Waals surface area contributed by atoms with Crippen LogP contribution in [0.5, 0.6) is 0 Å². The van der Waals surface area contributed by atoms with Gasteiger partial charge in [-0.1, -0.05) is 5.76 Å². The van der Waals surface area contributed by atoms with Crippen LogP contribution in [0.2, 0.25) is 0 Å². The molecule has 0 aromatic heterocycles. The average Bonchev–Trinajstić information content (AvgIpc) is 2.85. The highest BCUT2D eigenvalue weighted by molar-refractivity contribution is 6.08. The zero-order chi connectivity index (χ0) is 34.7. The largest absolute Gasteiger partial charge is 0.872 e. The molecule has 2 aliphatic carbocycles. The molecular formula is C21H6F20NO2-. The number of nitrogens with zero attached hydrogens (tertiary/aromatic N) is 1. The molecule has 0 heterocycles. The lowest BCUT2D eigenvalue weighted by Gasteiger charge is -2.40. The smallest absolute Gasteiger partial charge is 0.438 e. The van der Waals surface area contributed by atoms with E-state index < -0.39 is 124 Å². The number of allylic oxidation sites excluding steroid dienone is 1. The van der Waals surface area contributed by atoms with Crippen molar-refractivity contribution in [3.63, 3.8) is 0 Å². The summed E-state index contributed by atoms with van der Waals surface area (Å²) in [7, 11) is 0. The van der Waals surface area contributed by atoms with Gasteiger partial charge in [-0.05, 0) is 41.7 Å². The molecule has 248 valence electrons. The molecule has 0 N–H and O–H groups in total. The Bertz CT molecular complexity index is 1400. The Morgan fingerprint density at radius 3 is 1.48 bits per heavy atom. The number of alkyl halides is 20. The van der Waals surface area contributed by atoms with Gasteiger partial charge in [0.15, 0.2) is 5.78 Å². The predicted octanol–water partition coefficient (Wildman–Crippen LogP) is 7.59. The van der Waals surface area contributed by atoms with Crippen molar-refractivity contribution in [1.29, 1.82) is 0 Å².